The molecule has 230 valence electrons. The van der Waals surface area contributed by atoms with Gasteiger partial charge in [0.15, 0.2) is 0 Å². The van der Waals surface area contributed by atoms with Crippen molar-refractivity contribution in [2.45, 2.75) is 239 Å². The second kappa shape index (κ2) is 35.0. The Balaban J connectivity index is 3.28. The molecule has 0 saturated carbocycles. The van der Waals surface area contributed by atoms with E-state index in [-0.39, 0.29) is 0 Å². The van der Waals surface area contributed by atoms with Crippen molar-refractivity contribution in [1.82, 2.24) is 0 Å². The first kappa shape index (κ1) is 38.0. The second-order valence-corrected chi connectivity index (χ2v) is 13.1. The predicted octanol–water partition coefficient (Wildman–Crippen LogP) is 14.9. The van der Waals surface area contributed by atoms with Crippen molar-refractivity contribution in [1.29, 1.82) is 0 Å². The summed E-state index contributed by atoms with van der Waals surface area (Å²) in [6, 6.07) is 0. The van der Waals surface area contributed by atoms with Gasteiger partial charge in [-0.15, -0.1) is 0 Å². The number of rotatable bonds is 34. The molecule has 0 heterocycles. The smallest absolute Gasteiger partial charge is 0.0414 e. The lowest BCUT2D eigenvalue weighted by Gasteiger charge is -2.16. The second-order valence-electron chi connectivity index (χ2n) is 13.1. The summed E-state index contributed by atoms with van der Waals surface area (Å²) in [6.07, 6.45) is 50.3. The van der Waals surface area contributed by atoms with E-state index in [2.05, 4.69) is 20.8 Å². The zero-order chi connectivity index (χ0) is 27.6. The molecule has 0 fully saturated rings. The van der Waals surface area contributed by atoms with E-state index in [0.717, 1.165) is 5.92 Å². The molecule has 0 N–H and O–H groups in total. The maximum atomic E-state index is 2.39. The summed E-state index contributed by atoms with van der Waals surface area (Å²) in [7, 11) is 0. The van der Waals surface area contributed by atoms with Crippen LogP contribution in [0.15, 0.2) is 0 Å². The Hall–Kier alpha value is 0. The molecule has 0 saturated heterocycles. The van der Waals surface area contributed by atoms with Gasteiger partial charge in [-0.3, -0.25) is 0 Å². The van der Waals surface area contributed by atoms with Crippen LogP contribution in [0.3, 0.4) is 0 Å². The highest BCUT2D eigenvalue weighted by Gasteiger charge is 2.07. The van der Waals surface area contributed by atoms with Gasteiger partial charge in [0.25, 0.3) is 0 Å². The lowest BCUT2D eigenvalue weighted by atomic mass is 9.90. The normalized spacial score (nSPS) is 12.4. The van der Waals surface area contributed by atoms with E-state index in [1.807, 2.05) is 0 Å². The molecule has 1 atom stereocenters. The highest BCUT2D eigenvalue weighted by molar-refractivity contribution is 4.61. The maximum absolute atomic E-state index is 2.39. The third kappa shape index (κ3) is 32.2. The highest BCUT2D eigenvalue weighted by atomic mass is 14.1. The van der Waals surface area contributed by atoms with Gasteiger partial charge in [0.1, 0.15) is 0 Å². The molecule has 0 radical (unpaired) electrons. The molecule has 0 aliphatic carbocycles. The average Bonchev–Trinajstić information content (AvgIpc) is 2.92. The fourth-order valence-electron chi connectivity index (χ4n) is 6.45. The van der Waals surface area contributed by atoms with Crippen molar-refractivity contribution in [3.8, 4) is 0 Å². The lowest BCUT2D eigenvalue weighted by Crippen LogP contribution is -2.00. The van der Waals surface area contributed by atoms with Crippen LogP contribution in [0.4, 0.5) is 0 Å². The molecule has 0 amide bonds. The van der Waals surface area contributed by atoms with E-state index in [1.54, 1.807) is 0 Å². The van der Waals surface area contributed by atoms with Crippen LogP contribution in [0.1, 0.15) is 239 Å². The molecule has 0 aromatic rings. The first-order valence-electron chi connectivity index (χ1n) is 18.8. The third-order valence-corrected chi connectivity index (χ3v) is 9.13. The summed E-state index contributed by atoms with van der Waals surface area (Å²) in [5, 5.41) is 0. The Morgan fingerprint density at radius 2 is 0.421 bits per heavy atom. The molecule has 0 aromatic heterocycles. The Bertz CT molecular complexity index is 385. The minimum Gasteiger partial charge on any atom is -0.0654 e. The summed E-state index contributed by atoms with van der Waals surface area (Å²) >= 11 is 0. The molecule has 0 heteroatoms. The molecule has 38 heavy (non-hydrogen) atoms. The van der Waals surface area contributed by atoms with Crippen LogP contribution in [0.25, 0.3) is 0 Å². The number of unbranched alkanes of at least 4 members (excludes halogenated alkanes) is 28. The fraction of sp³-hybridized carbons (Fsp3) is 1.00. The summed E-state index contributed by atoms with van der Waals surface area (Å²) in [4.78, 5) is 0. The van der Waals surface area contributed by atoms with Gasteiger partial charge in [0.2, 0.25) is 0 Å². The molecule has 0 aliphatic rings. The van der Waals surface area contributed by atoms with Gasteiger partial charge < -0.3 is 0 Å². The van der Waals surface area contributed by atoms with Crippen LogP contribution >= 0.6 is 0 Å². The number of hydrogen-bond donors (Lipinski definition) is 0. The van der Waals surface area contributed by atoms with Gasteiger partial charge in [-0.2, -0.15) is 0 Å². The highest BCUT2D eigenvalue weighted by Crippen LogP contribution is 2.23. The summed E-state index contributed by atoms with van der Waals surface area (Å²) in [6.45, 7) is 7.01. The van der Waals surface area contributed by atoms with Gasteiger partial charge in [-0.1, -0.05) is 239 Å². The van der Waals surface area contributed by atoms with Gasteiger partial charge in [0.05, 0.1) is 0 Å². The molecule has 0 aromatic carbocycles. The Morgan fingerprint density at radius 3 is 0.632 bits per heavy atom. The maximum Gasteiger partial charge on any atom is -0.0414 e. The van der Waals surface area contributed by atoms with Crippen molar-refractivity contribution in [2.24, 2.45) is 5.92 Å². The predicted molar refractivity (Wildman–Crippen MR) is 177 cm³/mol. The molecular weight excluding hydrogens is 456 g/mol. The van der Waals surface area contributed by atoms with Gasteiger partial charge in [-0.25, -0.2) is 0 Å². The summed E-state index contributed by atoms with van der Waals surface area (Å²) in [5.41, 5.74) is 0. The van der Waals surface area contributed by atoms with Crippen molar-refractivity contribution in [3.05, 3.63) is 0 Å². The SMILES string of the molecule is CCCCCCCCCCCCCCCCCCCCCCCCC(CCC)CCCCCCCCCC. The molecule has 0 bridgehead atoms. The Morgan fingerprint density at radius 1 is 0.211 bits per heavy atom. The lowest BCUT2D eigenvalue weighted by molar-refractivity contribution is 0.377. The van der Waals surface area contributed by atoms with Crippen LogP contribution in [0.2, 0.25) is 0 Å². The Kier molecular flexibility index (Phi) is 35.0. The molecular formula is C38H78. The van der Waals surface area contributed by atoms with E-state index in [9.17, 15) is 0 Å². The van der Waals surface area contributed by atoms with Gasteiger partial charge in [-0.05, 0) is 5.92 Å². The van der Waals surface area contributed by atoms with E-state index in [4.69, 9.17) is 0 Å². The van der Waals surface area contributed by atoms with Crippen molar-refractivity contribution in [2.75, 3.05) is 0 Å². The van der Waals surface area contributed by atoms with Gasteiger partial charge >= 0.3 is 0 Å². The first-order chi connectivity index (χ1) is 18.8. The van der Waals surface area contributed by atoms with Crippen LogP contribution in [-0.2, 0) is 0 Å². The zero-order valence-corrected chi connectivity index (χ0v) is 27.6. The quantitative estimate of drug-likeness (QED) is 0.0720. The van der Waals surface area contributed by atoms with Crippen LogP contribution in [-0.4, -0.2) is 0 Å². The van der Waals surface area contributed by atoms with Crippen LogP contribution < -0.4 is 0 Å². The Labute approximate surface area is 244 Å². The first-order valence-corrected chi connectivity index (χ1v) is 18.8. The van der Waals surface area contributed by atoms with Gasteiger partial charge in [0, 0.05) is 0 Å². The van der Waals surface area contributed by atoms with Crippen molar-refractivity contribution >= 4 is 0 Å². The fourth-order valence-corrected chi connectivity index (χ4v) is 6.45. The summed E-state index contributed by atoms with van der Waals surface area (Å²) < 4.78 is 0. The molecule has 0 spiro atoms. The van der Waals surface area contributed by atoms with E-state index >= 15 is 0 Å². The number of hydrogen-bond acceptors (Lipinski definition) is 0. The minimum atomic E-state index is 1.03. The van der Waals surface area contributed by atoms with E-state index < -0.39 is 0 Å². The van der Waals surface area contributed by atoms with Crippen molar-refractivity contribution in [3.63, 3.8) is 0 Å². The monoisotopic (exact) mass is 535 g/mol. The largest absolute Gasteiger partial charge is 0.0654 e. The molecule has 0 rings (SSSR count). The third-order valence-electron chi connectivity index (χ3n) is 9.13. The van der Waals surface area contributed by atoms with Crippen molar-refractivity contribution < 1.29 is 0 Å². The molecule has 0 nitrogen and oxygen atoms in total. The standard InChI is InChI=1S/C38H78/c1-4-7-9-11-13-15-16-17-18-19-20-21-22-23-24-25-26-27-28-30-32-34-37-38(35-6-3)36-33-31-29-14-12-10-8-5-2/h38H,4-37H2,1-3H3. The van der Waals surface area contributed by atoms with Crippen LogP contribution in [0.5, 0.6) is 0 Å². The minimum absolute atomic E-state index is 1.03. The topological polar surface area (TPSA) is 0 Å². The summed E-state index contributed by atoms with van der Waals surface area (Å²) in [5.74, 6) is 1.03. The van der Waals surface area contributed by atoms with E-state index in [0.29, 0.717) is 0 Å². The van der Waals surface area contributed by atoms with Crippen LogP contribution in [0, 0.1) is 5.92 Å². The zero-order valence-electron chi connectivity index (χ0n) is 27.6. The molecule has 1 unspecified atom stereocenters. The average molecular weight is 535 g/mol. The molecule has 0 aliphatic heterocycles. The van der Waals surface area contributed by atoms with E-state index in [1.165, 1.54) is 218 Å².